The van der Waals surface area contributed by atoms with Crippen molar-refractivity contribution in [2.24, 2.45) is 5.92 Å². The van der Waals surface area contributed by atoms with Crippen molar-refractivity contribution in [2.75, 3.05) is 20.8 Å². The van der Waals surface area contributed by atoms with E-state index in [1.807, 2.05) is 31.3 Å². The van der Waals surface area contributed by atoms with Gasteiger partial charge in [-0.3, -0.25) is 0 Å². The van der Waals surface area contributed by atoms with Crippen LogP contribution in [0.3, 0.4) is 0 Å². The number of methoxy groups -OCH3 is 1. The Bertz CT molecular complexity index is 358. The van der Waals surface area contributed by atoms with Crippen molar-refractivity contribution in [3.05, 3.63) is 24.3 Å². The lowest BCUT2D eigenvalue weighted by molar-refractivity contribution is 0.192. The first-order valence-electron chi connectivity index (χ1n) is 7.27. The first-order valence-corrected chi connectivity index (χ1v) is 7.27. The zero-order chi connectivity index (χ0) is 13.5. The van der Waals surface area contributed by atoms with Crippen LogP contribution < -0.4 is 14.8 Å². The summed E-state index contributed by atoms with van der Waals surface area (Å²) in [5, 5.41) is 3.41. The molecular formula is C16H25NO2. The van der Waals surface area contributed by atoms with E-state index in [4.69, 9.17) is 9.47 Å². The van der Waals surface area contributed by atoms with E-state index in [2.05, 4.69) is 5.32 Å². The van der Waals surface area contributed by atoms with Crippen LogP contribution in [0.15, 0.2) is 24.3 Å². The van der Waals surface area contributed by atoms with Crippen LogP contribution in [-0.2, 0) is 0 Å². The van der Waals surface area contributed by atoms with Crippen molar-refractivity contribution in [1.29, 1.82) is 0 Å². The monoisotopic (exact) mass is 263 g/mol. The molecule has 0 radical (unpaired) electrons. The third kappa shape index (κ3) is 4.13. The lowest BCUT2D eigenvalue weighted by Crippen LogP contribution is -2.39. The van der Waals surface area contributed by atoms with Gasteiger partial charge in [-0.25, -0.2) is 0 Å². The van der Waals surface area contributed by atoms with Gasteiger partial charge < -0.3 is 14.8 Å². The molecule has 1 N–H and O–H groups in total. The SMILES string of the molecule is CNC(COc1ccc(OC)cc1)C1CCCCC1. The molecule has 0 saturated heterocycles. The predicted octanol–water partition coefficient (Wildman–Crippen LogP) is 3.24. The van der Waals surface area contributed by atoms with Crippen molar-refractivity contribution in [3.8, 4) is 11.5 Å². The molecule has 3 heteroatoms. The summed E-state index contributed by atoms with van der Waals surface area (Å²) in [5.41, 5.74) is 0. The highest BCUT2D eigenvalue weighted by Crippen LogP contribution is 2.27. The molecule has 1 atom stereocenters. The molecule has 1 aliphatic rings. The molecule has 0 aromatic heterocycles. The van der Waals surface area contributed by atoms with Crippen LogP contribution in [0.2, 0.25) is 0 Å². The third-order valence-electron chi connectivity index (χ3n) is 4.08. The highest BCUT2D eigenvalue weighted by molar-refractivity contribution is 5.31. The highest BCUT2D eigenvalue weighted by atomic mass is 16.5. The van der Waals surface area contributed by atoms with Gasteiger partial charge in [0.1, 0.15) is 18.1 Å². The Labute approximate surface area is 116 Å². The molecule has 1 unspecified atom stereocenters. The van der Waals surface area contributed by atoms with E-state index in [-0.39, 0.29) is 0 Å². The average Bonchev–Trinajstić information content (AvgIpc) is 2.49. The fraction of sp³-hybridized carbons (Fsp3) is 0.625. The van der Waals surface area contributed by atoms with Crippen molar-refractivity contribution >= 4 is 0 Å². The van der Waals surface area contributed by atoms with Crippen LogP contribution in [0, 0.1) is 5.92 Å². The van der Waals surface area contributed by atoms with Gasteiger partial charge in [0.25, 0.3) is 0 Å². The first-order chi connectivity index (χ1) is 9.33. The van der Waals surface area contributed by atoms with E-state index in [1.165, 1.54) is 32.1 Å². The van der Waals surface area contributed by atoms with Gasteiger partial charge >= 0.3 is 0 Å². The topological polar surface area (TPSA) is 30.5 Å². The Balaban J connectivity index is 1.84. The molecule has 106 valence electrons. The highest BCUT2D eigenvalue weighted by Gasteiger charge is 2.22. The van der Waals surface area contributed by atoms with Crippen LogP contribution in [-0.4, -0.2) is 26.8 Å². The molecular weight excluding hydrogens is 238 g/mol. The Morgan fingerprint density at radius 3 is 2.32 bits per heavy atom. The van der Waals surface area contributed by atoms with Crippen molar-refractivity contribution in [1.82, 2.24) is 5.32 Å². The molecule has 2 rings (SSSR count). The fourth-order valence-corrected chi connectivity index (χ4v) is 2.85. The summed E-state index contributed by atoms with van der Waals surface area (Å²) >= 11 is 0. The van der Waals surface area contributed by atoms with E-state index in [1.54, 1.807) is 7.11 Å². The Hall–Kier alpha value is -1.22. The molecule has 1 fully saturated rings. The summed E-state index contributed by atoms with van der Waals surface area (Å²) in [4.78, 5) is 0. The lowest BCUT2D eigenvalue weighted by atomic mass is 9.84. The van der Waals surface area contributed by atoms with Crippen LogP contribution in [0.25, 0.3) is 0 Å². The van der Waals surface area contributed by atoms with Gasteiger partial charge in [-0.05, 0) is 50.1 Å². The molecule has 0 amide bonds. The zero-order valence-corrected chi connectivity index (χ0v) is 12.0. The normalized spacial score (nSPS) is 18.0. The lowest BCUT2D eigenvalue weighted by Gasteiger charge is -2.29. The number of likely N-dealkylation sites (N-methyl/N-ethyl adjacent to an activating group) is 1. The number of hydrogen-bond acceptors (Lipinski definition) is 3. The second-order valence-corrected chi connectivity index (χ2v) is 5.28. The van der Waals surface area contributed by atoms with Gasteiger partial charge in [0.2, 0.25) is 0 Å². The molecule has 1 saturated carbocycles. The minimum atomic E-state index is 0.461. The predicted molar refractivity (Wildman–Crippen MR) is 77.9 cm³/mol. The summed E-state index contributed by atoms with van der Waals surface area (Å²) < 4.78 is 11.0. The molecule has 0 bridgehead atoms. The number of benzene rings is 1. The Morgan fingerprint density at radius 2 is 1.74 bits per heavy atom. The smallest absolute Gasteiger partial charge is 0.119 e. The van der Waals surface area contributed by atoms with E-state index in [0.717, 1.165) is 24.0 Å². The van der Waals surface area contributed by atoms with Gasteiger partial charge in [-0.1, -0.05) is 19.3 Å². The van der Waals surface area contributed by atoms with Crippen molar-refractivity contribution < 1.29 is 9.47 Å². The number of hydrogen-bond donors (Lipinski definition) is 1. The van der Waals surface area contributed by atoms with Crippen molar-refractivity contribution in [3.63, 3.8) is 0 Å². The van der Waals surface area contributed by atoms with E-state index >= 15 is 0 Å². The first kappa shape index (κ1) is 14.2. The van der Waals surface area contributed by atoms with Crippen LogP contribution in [0.5, 0.6) is 11.5 Å². The Morgan fingerprint density at radius 1 is 1.11 bits per heavy atom. The summed E-state index contributed by atoms with van der Waals surface area (Å²) in [6.45, 7) is 0.744. The number of rotatable bonds is 6. The van der Waals surface area contributed by atoms with Gasteiger partial charge in [-0.2, -0.15) is 0 Å². The number of ether oxygens (including phenoxy) is 2. The van der Waals surface area contributed by atoms with E-state index < -0.39 is 0 Å². The van der Waals surface area contributed by atoms with Gasteiger partial charge in [0, 0.05) is 6.04 Å². The van der Waals surface area contributed by atoms with Crippen LogP contribution >= 0.6 is 0 Å². The summed E-state index contributed by atoms with van der Waals surface area (Å²) in [7, 11) is 3.71. The average molecular weight is 263 g/mol. The maximum absolute atomic E-state index is 5.89. The maximum Gasteiger partial charge on any atom is 0.119 e. The quantitative estimate of drug-likeness (QED) is 0.854. The molecule has 0 heterocycles. The second-order valence-electron chi connectivity index (χ2n) is 5.28. The molecule has 1 aliphatic carbocycles. The molecule has 3 nitrogen and oxygen atoms in total. The molecule has 0 aliphatic heterocycles. The molecule has 19 heavy (non-hydrogen) atoms. The molecule has 1 aromatic carbocycles. The van der Waals surface area contributed by atoms with Crippen LogP contribution in [0.1, 0.15) is 32.1 Å². The standard InChI is InChI=1S/C16H25NO2/c1-17-16(13-6-4-3-5-7-13)12-19-15-10-8-14(18-2)9-11-15/h8-11,13,16-17H,3-7,12H2,1-2H3. The maximum atomic E-state index is 5.89. The second kappa shape index (κ2) is 7.39. The Kier molecular flexibility index (Phi) is 5.52. The van der Waals surface area contributed by atoms with E-state index in [0.29, 0.717) is 6.04 Å². The largest absolute Gasteiger partial charge is 0.497 e. The minimum Gasteiger partial charge on any atom is -0.497 e. The van der Waals surface area contributed by atoms with Gasteiger partial charge in [-0.15, -0.1) is 0 Å². The van der Waals surface area contributed by atoms with E-state index in [9.17, 15) is 0 Å². The van der Waals surface area contributed by atoms with Crippen molar-refractivity contribution in [2.45, 2.75) is 38.1 Å². The zero-order valence-electron chi connectivity index (χ0n) is 12.0. The summed E-state index contributed by atoms with van der Waals surface area (Å²) in [6.07, 6.45) is 6.79. The molecule has 1 aromatic rings. The third-order valence-corrected chi connectivity index (χ3v) is 4.08. The summed E-state index contributed by atoms with van der Waals surface area (Å²) in [5.74, 6) is 2.54. The summed E-state index contributed by atoms with van der Waals surface area (Å²) in [6, 6.07) is 8.26. The fourth-order valence-electron chi connectivity index (χ4n) is 2.85. The minimum absolute atomic E-state index is 0.461. The molecule has 0 spiro atoms. The number of nitrogens with one attached hydrogen (secondary N) is 1. The van der Waals surface area contributed by atoms with Gasteiger partial charge in [0.15, 0.2) is 0 Å². The van der Waals surface area contributed by atoms with Gasteiger partial charge in [0.05, 0.1) is 7.11 Å². The van der Waals surface area contributed by atoms with Crippen LogP contribution in [0.4, 0.5) is 0 Å².